The second-order valence-electron chi connectivity index (χ2n) is 6.32. The number of hydrogen-bond acceptors (Lipinski definition) is 2. The van der Waals surface area contributed by atoms with Crippen molar-refractivity contribution >= 4 is 23.2 Å². The van der Waals surface area contributed by atoms with E-state index in [0.717, 1.165) is 11.3 Å². The Morgan fingerprint density at radius 2 is 1.48 bits per heavy atom. The predicted octanol–water partition coefficient (Wildman–Crippen LogP) is 3.96. The topological polar surface area (TPSA) is 58.2 Å². The van der Waals surface area contributed by atoms with Crippen molar-refractivity contribution in [2.45, 2.75) is 47.5 Å². The highest BCUT2D eigenvalue weighted by molar-refractivity contribution is 5.94. The minimum absolute atomic E-state index is 0.00115. The van der Waals surface area contributed by atoms with Gasteiger partial charge in [-0.15, -0.1) is 0 Å². The quantitative estimate of drug-likeness (QED) is 0.833. The fraction of sp³-hybridized carbons (Fsp3) is 0.529. The Hall–Kier alpha value is -1.84. The molecule has 0 unspecified atom stereocenters. The van der Waals surface area contributed by atoms with Crippen molar-refractivity contribution < 1.29 is 9.59 Å². The van der Waals surface area contributed by atoms with Crippen molar-refractivity contribution in [2.24, 2.45) is 11.8 Å². The van der Waals surface area contributed by atoms with Gasteiger partial charge in [0.05, 0.1) is 0 Å². The molecule has 4 nitrogen and oxygen atoms in total. The number of nitrogens with one attached hydrogen (secondary N) is 2. The van der Waals surface area contributed by atoms with Crippen LogP contribution in [0.2, 0.25) is 0 Å². The third-order valence-electron chi connectivity index (χ3n) is 2.98. The minimum atomic E-state index is -0.00619. The molecule has 0 heterocycles. The van der Waals surface area contributed by atoms with Gasteiger partial charge >= 0.3 is 0 Å². The van der Waals surface area contributed by atoms with Crippen LogP contribution in [0.4, 0.5) is 11.4 Å². The van der Waals surface area contributed by atoms with Gasteiger partial charge in [-0.05, 0) is 36.5 Å². The van der Waals surface area contributed by atoms with E-state index < -0.39 is 0 Å². The zero-order valence-corrected chi connectivity index (χ0v) is 13.6. The van der Waals surface area contributed by atoms with Gasteiger partial charge in [0.15, 0.2) is 0 Å². The van der Waals surface area contributed by atoms with Crippen LogP contribution in [0.3, 0.4) is 0 Å². The number of amides is 2. The van der Waals surface area contributed by atoms with Gasteiger partial charge in [0.1, 0.15) is 0 Å². The molecular formula is C17H26N2O2. The molecule has 1 rings (SSSR count). The molecule has 0 spiro atoms. The first-order valence-corrected chi connectivity index (χ1v) is 7.48. The van der Waals surface area contributed by atoms with Crippen LogP contribution in [0.25, 0.3) is 0 Å². The van der Waals surface area contributed by atoms with Gasteiger partial charge in [0.25, 0.3) is 0 Å². The monoisotopic (exact) mass is 290 g/mol. The first kappa shape index (κ1) is 17.2. The summed E-state index contributed by atoms with van der Waals surface area (Å²) in [5, 5.41) is 5.77. The number of carbonyl (C=O) groups is 2. The van der Waals surface area contributed by atoms with Crippen LogP contribution in [0.1, 0.15) is 46.1 Å². The van der Waals surface area contributed by atoms with Crippen LogP contribution in [-0.2, 0) is 9.59 Å². The first-order valence-electron chi connectivity index (χ1n) is 7.48. The summed E-state index contributed by atoms with van der Waals surface area (Å²) in [6, 6.07) is 5.56. The Labute approximate surface area is 127 Å². The average molecular weight is 290 g/mol. The van der Waals surface area contributed by atoms with Gasteiger partial charge in [-0.1, -0.05) is 33.8 Å². The molecule has 0 bridgehead atoms. The summed E-state index contributed by atoms with van der Waals surface area (Å²) in [6.07, 6.45) is 0.978. The summed E-state index contributed by atoms with van der Waals surface area (Å²) in [7, 11) is 0. The maximum absolute atomic E-state index is 11.9. The van der Waals surface area contributed by atoms with E-state index in [4.69, 9.17) is 0 Å². The predicted molar refractivity (Wildman–Crippen MR) is 87.3 cm³/mol. The molecule has 0 aromatic heterocycles. The van der Waals surface area contributed by atoms with Gasteiger partial charge in [0.2, 0.25) is 11.8 Å². The summed E-state index contributed by atoms with van der Waals surface area (Å²) in [5.41, 5.74) is 2.45. The van der Waals surface area contributed by atoms with E-state index in [1.54, 1.807) is 0 Å². The molecule has 1 aromatic carbocycles. The minimum Gasteiger partial charge on any atom is -0.326 e. The molecule has 1 aromatic rings. The standard InChI is InChI=1S/C17H26N2O2/c1-11(2)8-16(20)18-14-7-6-13(5)15(10-14)19-17(21)9-12(3)4/h6-7,10-12H,8-9H2,1-5H3,(H,18,20)(H,19,21). The van der Waals surface area contributed by atoms with Gasteiger partial charge in [-0.25, -0.2) is 0 Å². The van der Waals surface area contributed by atoms with Crippen molar-refractivity contribution in [3.8, 4) is 0 Å². The Morgan fingerprint density at radius 3 is 2.00 bits per heavy atom. The molecule has 0 saturated heterocycles. The van der Waals surface area contributed by atoms with Crippen LogP contribution < -0.4 is 10.6 Å². The average Bonchev–Trinajstić information content (AvgIpc) is 2.31. The Balaban J connectivity index is 2.75. The number of anilines is 2. The maximum Gasteiger partial charge on any atom is 0.224 e. The van der Waals surface area contributed by atoms with E-state index in [0.29, 0.717) is 30.4 Å². The zero-order chi connectivity index (χ0) is 16.0. The second-order valence-corrected chi connectivity index (χ2v) is 6.32. The molecule has 0 aliphatic heterocycles. The maximum atomic E-state index is 11.9. The Kier molecular flexibility index (Phi) is 6.40. The summed E-state index contributed by atoms with van der Waals surface area (Å²) in [6.45, 7) is 9.97. The highest BCUT2D eigenvalue weighted by Crippen LogP contribution is 2.21. The van der Waals surface area contributed by atoms with Crippen molar-refractivity contribution in [3.63, 3.8) is 0 Å². The van der Waals surface area contributed by atoms with Crippen LogP contribution in [0, 0.1) is 18.8 Å². The third kappa shape index (κ3) is 6.43. The van der Waals surface area contributed by atoms with Crippen LogP contribution in [0.5, 0.6) is 0 Å². The third-order valence-corrected chi connectivity index (χ3v) is 2.98. The van der Waals surface area contributed by atoms with Crippen molar-refractivity contribution in [1.82, 2.24) is 0 Å². The molecule has 2 amide bonds. The lowest BCUT2D eigenvalue weighted by atomic mass is 10.1. The molecule has 21 heavy (non-hydrogen) atoms. The molecule has 0 atom stereocenters. The lowest BCUT2D eigenvalue weighted by Gasteiger charge is -2.13. The van der Waals surface area contributed by atoms with Crippen LogP contribution in [-0.4, -0.2) is 11.8 Å². The van der Waals surface area contributed by atoms with E-state index in [1.807, 2.05) is 52.8 Å². The number of rotatable bonds is 6. The van der Waals surface area contributed by atoms with E-state index in [9.17, 15) is 9.59 Å². The summed E-state index contributed by atoms with van der Waals surface area (Å²) >= 11 is 0. The molecule has 0 radical (unpaired) electrons. The number of hydrogen-bond donors (Lipinski definition) is 2. The number of benzene rings is 1. The normalized spacial score (nSPS) is 10.8. The highest BCUT2D eigenvalue weighted by Gasteiger charge is 2.10. The van der Waals surface area contributed by atoms with E-state index in [-0.39, 0.29) is 11.8 Å². The fourth-order valence-electron chi connectivity index (χ4n) is 1.99. The van der Waals surface area contributed by atoms with E-state index in [1.165, 1.54) is 0 Å². The molecule has 0 aliphatic carbocycles. The Bertz CT molecular complexity index is 508. The molecular weight excluding hydrogens is 264 g/mol. The van der Waals surface area contributed by atoms with Crippen LogP contribution >= 0.6 is 0 Å². The first-order chi connectivity index (χ1) is 9.77. The highest BCUT2D eigenvalue weighted by atomic mass is 16.2. The SMILES string of the molecule is Cc1ccc(NC(=O)CC(C)C)cc1NC(=O)CC(C)C. The van der Waals surface area contributed by atoms with Gasteiger partial charge in [-0.2, -0.15) is 0 Å². The number of aryl methyl sites for hydroxylation is 1. The lowest BCUT2D eigenvalue weighted by molar-refractivity contribution is -0.117. The largest absolute Gasteiger partial charge is 0.326 e. The zero-order valence-electron chi connectivity index (χ0n) is 13.6. The molecule has 116 valence electrons. The Morgan fingerprint density at radius 1 is 0.952 bits per heavy atom. The van der Waals surface area contributed by atoms with Crippen molar-refractivity contribution in [3.05, 3.63) is 23.8 Å². The second kappa shape index (κ2) is 7.81. The molecule has 2 N–H and O–H groups in total. The van der Waals surface area contributed by atoms with Gasteiger partial charge < -0.3 is 10.6 Å². The number of carbonyl (C=O) groups excluding carboxylic acids is 2. The van der Waals surface area contributed by atoms with E-state index in [2.05, 4.69) is 10.6 Å². The molecule has 0 saturated carbocycles. The molecule has 4 heteroatoms. The molecule has 0 fully saturated rings. The lowest BCUT2D eigenvalue weighted by Crippen LogP contribution is -2.16. The van der Waals surface area contributed by atoms with Gasteiger partial charge in [0, 0.05) is 24.2 Å². The molecule has 0 aliphatic rings. The van der Waals surface area contributed by atoms with Crippen molar-refractivity contribution in [2.75, 3.05) is 10.6 Å². The summed E-state index contributed by atoms with van der Waals surface area (Å²) in [5.74, 6) is 0.631. The van der Waals surface area contributed by atoms with Gasteiger partial charge in [-0.3, -0.25) is 9.59 Å². The summed E-state index contributed by atoms with van der Waals surface area (Å²) in [4.78, 5) is 23.6. The van der Waals surface area contributed by atoms with Crippen molar-refractivity contribution in [1.29, 1.82) is 0 Å². The fourth-order valence-corrected chi connectivity index (χ4v) is 1.99. The van der Waals surface area contributed by atoms with E-state index >= 15 is 0 Å². The summed E-state index contributed by atoms with van der Waals surface area (Å²) < 4.78 is 0. The smallest absolute Gasteiger partial charge is 0.224 e. The van der Waals surface area contributed by atoms with Crippen LogP contribution in [0.15, 0.2) is 18.2 Å².